The lowest BCUT2D eigenvalue weighted by atomic mass is 9.94. The summed E-state index contributed by atoms with van der Waals surface area (Å²) in [6.45, 7) is 4.88. The Bertz CT molecular complexity index is 1020. The van der Waals surface area contributed by atoms with E-state index in [1.54, 1.807) is 7.11 Å². The number of hydrogen-bond donors (Lipinski definition) is 1. The molecule has 3 aromatic rings. The Balaban J connectivity index is 1.32. The molecule has 1 saturated heterocycles. The molecule has 0 bridgehead atoms. The van der Waals surface area contributed by atoms with Crippen molar-refractivity contribution in [3.05, 3.63) is 65.9 Å². The molecule has 158 valence electrons. The van der Waals surface area contributed by atoms with E-state index < -0.39 is 0 Å². The fourth-order valence-corrected chi connectivity index (χ4v) is 4.47. The Morgan fingerprint density at radius 3 is 2.70 bits per heavy atom. The third kappa shape index (κ3) is 4.36. The second-order valence-electron chi connectivity index (χ2n) is 8.34. The summed E-state index contributed by atoms with van der Waals surface area (Å²) in [4.78, 5) is 15.3. The molecule has 0 radical (unpaired) electrons. The van der Waals surface area contributed by atoms with Gasteiger partial charge in [-0.15, -0.1) is 0 Å². The van der Waals surface area contributed by atoms with Crippen molar-refractivity contribution >= 4 is 16.8 Å². The Kier molecular flexibility index (Phi) is 6.09. The van der Waals surface area contributed by atoms with Crippen LogP contribution in [-0.2, 0) is 18.4 Å². The number of hydrogen-bond acceptors (Lipinski definition) is 3. The number of benzene rings is 2. The highest BCUT2D eigenvalue weighted by molar-refractivity contribution is 5.83. The van der Waals surface area contributed by atoms with E-state index in [1.807, 2.05) is 31.2 Å². The first-order chi connectivity index (χ1) is 14.5. The molecule has 4 rings (SSSR count). The molecule has 2 aromatic carbocycles. The van der Waals surface area contributed by atoms with Gasteiger partial charge in [0.1, 0.15) is 5.75 Å². The van der Waals surface area contributed by atoms with Crippen molar-refractivity contribution in [3.8, 4) is 5.75 Å². The highest BCUT2D eigenvalue weighted by atomic mass is 16.5. The van der Waals surface area contributed by atoms with Crippen LogP contribution in [0.2, 0.25) is 0 Å². The minimum Gasteiger partial charge on any atom is -0.497 e. The first-order valence-corrected chi connectivity index (χ1v) is 10.7. The number of nitrogens with one attached hydrogen (secondary N) is 1. The van der Waals surface area contributed by atoms with Gasteiger partial charge in [-0.1, -0.05) is 30.3 Å². The van der Waals surface area contributed by atoms with Gasteiger partial charge >= 0.3 is 0 Å². The Labute approximate surface area is 178 Å². The molecule has 1 aliphatic heterocycles. The first kappa shape index (κ1) is 20.5. The van der Waals surface area contributed by atoms with Gasteiger partial charge in [-0.25, -0.2) is 0 Å². The number of piperidine rings is 1. The first-order valence-electron chi connectivity index (χ1n) is 10.7. The molecule has 1 unspecified atom stereocenters. The molecule has 1 atom stereocenters. The zero-order valence-electron chi connectivity index (χ0n) is 18.1. The van der Waals surface area contributed by atoms with Crippen LogP contribution in [0.4, 0.5) is 0 Å². The lowest BCUT2D eigenvalue weighted by Crippen LogP contribution is -2.40. The molecule has 1 amide bonds. The Morgan fingerprint density at radius 1 is 1.17 bits per heavy atom. The van der Waals surface area contributed by atoms with Crippen molar-refractivity contribution in [1.29, 1.82) is 0 Å². The molecule has 5 heteroatoms. The van der Waals surface area contributed by atoms with E-state index in [9.17, 15) is 4.79 Å². The standard InChI is InChI=1S/C25H31N3O2/c1-18(20-7-6-8-22(15-20)30-3)26-25(29)19-11-13-28(14-12-19)17-21-16-27(2)24-10-5-4-9-23(21)24/h4-10,15-16,18-19H,11-14,17H2,1-3H3,(H,26,29). The molecule has 1 aromatic heterocycles. The average Bonchev–Trinajstić information content (AvgIpc) is 3.09. The minimum atomic E-state index is -0.0266. The van der Waals surface area contributed by atoms with Crippen molar-refractivity contribution in [3.63, 3.8) is 0 Å². The van der Waals surface area contributed by atoms with Crippen LogP contribution < -0.4 is 10.1 Å². The topological polar surface area (TPSA) is 46.5 Å². The summed E-state index contributed by atoms with van der Waals surface area (Å²) in [5.41, 5.74) is 3.70. The van der Waals surface area contributed by atoms with E-state index in [4.69, 9.17) is 4.74 Å². The SMILES string of the molecule is COc1cccc(C(C)NC(=O)C2CCN(Cc3cn(C)c4ccccc34)CC2)c1. The molecule has 1 N–H and O–H groups in total. The number of rotatable bonds is 6. The highest BCUT2D eigenvalue weighted by Gasteiger charge is 2.26. The van der Waals surface area contributed by atoms with Crippen LogP contribution in [0.3, 0.4) is 0 Å². The van der Waals surface area contributed by atoms with Gasteiger partial charge < -0.3 is 14.6 Å². The van der Waals surface area contributed by atoms with Crippen molar-refractivity contribution in [2.75, 3.05) is 20.2 Å². The van der Waals surface area contributed by atoms with Crippen LogP contribution >= 0.6 is 0 Å². The van der Waals surface area contributed by atoms with Gasteiger partial charge in [-0.05, 0) is 62.2 Å². The minimum absolute atomic E-state index is 0.0266. The lowest BCUT2D eigenvalue weighted by Gasteiger charge is -2.31. The molecule has 0 saturated carbocycles. The summed E-state index contributed by atoms with van der Waals surface area (Å²) in [6.07, 6.45) is 4.04. The predicted octanol–water partition coefficient (Wildman–Crippen LogP) is 4.28. The van der Waals surface area contributed by atoms with Gasteiger partial charge in [0.05, 0.1) is 13.2 Å². The van der Waals surface area contributed by atoms with E-state index in [-0.39, 0.29) is 17.9 Å². The monoisotopic (exact) mass is 405 g/mol. The van der Waals surface area contributed by atoms with Crippen molar-refractivity contribution in [1.82, 2.24) is 14.8 Å². The summed E-state index contributed by atoms with van der Waals surface area (Å²) >= 11 is 0. The fourth-order valence-electron chi connectivity index (χ4n) is 4.47. The maximum atomic E-state index is 12.8. The molecular formula is C25H31N3O2. The van der Waals surface area contributed by atoms with Gasteiger partial charge in [-0.2, -0.15) is 0 Å². The second kappa shape index (κ2) is 8.92. The van der Waals surface area contributed by atoms with Crippen LogP contribution in [0.15, 0.2) is 54.7 Å². The number of methoxy groups -OCH3 is 1. The van der Waals surface area contributed by atoms with Crippen LogP contribution in [0.5, 0.6) is 5.75 Å². The normalized spacial score (nSPS) is 16.5. The van der Waals surface area contributed by atoms with Gasteiger partial charge in [0.15, 0.2) is 0 Å². The van der Waals surface area contributed by atoms with Gasteiger partial charge in [0.25, 0.3) is 0 Å². The maximum Gasteiger partial charge on any atom is 0.223 e. The van der Waals surface area contributed by atoms with Crippen LogP contribution in [0, 0.1) is 5.92 Å². The number of amides is 1. The number of aromatic nitrogens is 1. The van der Waals surface area contributed by atoms with Crippen LogP contribution in [-0.4, -0.2) is 35.6 Å². The maximum absolute atomic E-state index is 12.8. The molecule has 1 fully saturated rings. The summed E-state index contributed by atoms with van der Waals surface area (Å²) in [5.74, 6) is 1.06. The Hall–Kier alpha value is -2.79. The van der Waals surface area contributed by atoms with Gasteiger partial charge in [-0.3, -0.25) is 9.69 Å². The number of carbonyl (C=O) groups excluding carboxylic acids is 1. The smallest absolute Gasteiger partial charge is 0.223 e. The van der Waals surface area contributed by atoms with E-state index in [1.165, 1.54) is 16.5 Å². The highest BCUT2D eigenvalue weighted by Crippen LogP contribution is 2.25. The largest absolute Gasteiger partial charge is 0.497 e. The van der Waals surface area contributed by atoms with Crippen molar-refractivity contribution in [2.45, 2.75) is 32.4 Å². The summed E-state index contributed by atoms with van der Waals surface area (Å²) in [6, 6.07) is 16.4. The van der Waals surface area contributed by atoms with E-state index in [0.717, 1.165) is 43.8 Å². The molecule has 0 aliphatic carbocycles. The van der Waals surface area contributed by atoms with Gasteiger partial charge in [0.2, 0.25) is 5.91 Å². The Morgan fingerprint density at radius 2 is 1.93 bits per heavy atom. The molecule has 2 heterocycles. The molecule has 5 nitrogen and oxygen atoms in total. The molecule has 0 spiro atoms. The quantitative estimate of drug-likeness (QED) is 0.666. The number of carbonyl (C=O) groups is 1. The van der Waals surface area contributed by atoms with E-state index in [2.05, 4.69) is 52.3 Å². The average molecular weight is 406 g/mol. The zero-order chi connectivity index (χ0) is 21.1. The van der Waals surface area contributed by atoms with Gasteiger partial charge in [0, 0.05) is 36.6 Å². The van der Waals surface area contributed by atoms with E-state index >= 15 is 0 Å². The summed E-state index contributed by atoms with van der Waals surface area (Å²) in [7, 11) is 3.76. The molecular weight excluding hydrogens is 374 g/mol. The van der Waals surface area contributed by atoms with E-state index in [0.29, 0.717) is 0 Å². The second-order valence-corrected chi connectivity index (χ2v) is 8.34. The number of aryl methyl sites for hydroxylation is 1. The number of ether oxygens (including phenoxy) is 1. The number of nitrogens with zero attached hydrogens (tertiary/aromatic N) is 2. The molecule has 1 aliphatic rings. The number of likely N-dealkylation sites (tertiary alicyclic amines) is 1. The van der Waals surface area contributed by atoms with Crippen LogP contribution in [0.25, 0.3) is 10.9 Å². The van der Waals surface area contributed by atoms with Crippen LogP contribution in [0.1, 0.15) is 36.9 Å². The lowest BCUT2D eigenvalue weighted by molar-refractivity contribution is -0.127. The fraction of sp³-hybridized carbons (Fsp3) is 0.400. The third-order valence-electron chi connectivity index (χ3n) is 6.28. The number of fused-ring (bicyclic) bond motifs is 1. The van der Waals surface area contributed by atoms with Crippen molar-refractivity contribution < 1.29 is 9.53 Å². The van der Waals surface area contributed by atoms with Crippen molar-refractivity contribution in [2.24, 2.45) is 13.0 Å². The number of para-hydroxylation sites is 1. The zero-order valence-corrected chi connectivity index (χ0v) is 18.1. The third-order valence-corrected chi connectivity index (χ3v) is 6.28. The predicted molar refractivity (Wildman–Crippen MR) is 120 cm³/mol. The summed E-state index contributed by atoms with van der Waals surface area (Å²) < 4.78 is 7.49. The summed E-state index contributed by atoms with van der Waals surface area (Å²) in [5, 5.41) is 4.52. The molecule has 30 heavy (non-hydrogen) atoms.